The van der Waals surface area contributed by atoms with Crippen molar-refractivity contribution in [2.45, 2.75) is 32.8 Å². The Kier molecular flexibility index (Phi) is 10.7. The van der Waals surface area contributed by atoms with Gasteiger partial charge in [0.2, 0.25) is 0 Å². The lowest BCUT2D eigenvalue weighted by Gasteiger charge is -2.35. The Morgan fingerprint density at radius 2 is 1.89 bits per heavy atom. The van der Waals surface area contributed by atoms with Crippen LogP contribution >= 0.6 is 24.0 Å². The summed E-state index contributed by atoms with van der Waals surface area (Å²) in [5.41, 5.74) is -0.446. The number of hydrogen-bond donors (Lipinski definition) is 2. The highest BCUT2D eigenvalue weighted by atomic mass is 127. The fourth-order valence-electron chi connectivity index (χ4n) is 2.79. The lowest BCUT2D eigenvalue weighted by atomic mass is 10.2. The monoisotopic (exact) mass is 507 g/mol. The Labute approximate surface area is 185 Å². The molecule has 1 aromatic heterocycles. The molecule has 1 aromatic rings. The molecule has 0 bridgehead atoms. The number of nitrogens with zero attached hydrogens (tertiary/aromatic N) is 3. The number of rotatable bonds is 6. The quantitative estimate of drug-likeness (QED) is 0.349. The van der Waals surface area contributed by atoms with Gasteiger partial charge in [0.05, 0.1) is 6.26 Å². The smallest absolute Gasteiger partial charge is 0.410 e. The summed E-state index contributed by atoms with van der Waals surface area (Å²) in [6.07, 6.45) is 2.28. The minimum Gasteiger partial charge on any atom is -0.469 e. The van der Waals surface area contributed by atoms with Gasteiger partial charge in [0.1, 0.15) is 11.4 Å². The standard InChI is InChI=1S/C19H33N5O3.HI/c1-19(2,3)27-18(25)24-13-11-23(12-14-24)10-9-22-17(20-4)21-8-7-16-6-5-15-26-16;/h5-6,15H,7-14H2,1-4H3,(H2,20,21,22);1H. The zero-order valence-electron chi connectivity index (χ0n) is 17.4. The molecular weight excluding hydrogens is 473 g/mol. The molecule has 1 fully saturated rings. The topological polar surface area (TPSA) is 82.3 Å². The maximum absolute atomic E-state index is 12.1. The van der Waals surface area contributed by atoms with Gasteiger partial charge in [-0.2, -0.15) is 0 Å². The van der Waals surface area contributed by atoms with Crippen molar-refractivity contribution in [3.05, 3.63) is 24.2 Å². The number of piperazine rings is 1. The first kappa shape index (κ1) is 24.5. The van der Waals surface area contributed by atoms with Gasteiger partial charge in [0.25, 0.3) is 0 Å². The molecule has 28 heavy (non-hydrogen) atoms. The predicted octanol–water partition coefficient (Wildman–Crippen LogP) is 2.16. The highest BCUT2D eigenvalue weighted by Gasteiger charge is 2.25. The van der Waals surface area contributed by atoms with Gasteiger partial charge in [0, 0.05) is 59.3 Å². The molecule has 8 nitrogen and oxygen atoms in total. The first-order valence-electron chi connectivity index (χ1n) is 9.54. The summed E-state index contributed by atoms with van der Waals surface area (Å²) in [6.45, 7) is 11.2. The molecule has 0 atom stereocenters. The van der Waals surface area contributed by atoms with Gasteiger partial charge in [-0.25, -0.2) is 4.79 Å². The third kappa shape index (κ3) is 9.13. The van der Waals surface area contributed by atoms with Crippen LogP contribution in [0.25, 0.3) is 0 Å². The zero-order chi connectivity index (χ0) is 19.7. The molecular formula is C19H34IN5O3. The highest BCUT2D eigenvalue weighted by Crippen LogP contribution is 2.11. The average Bonchev–Trinajstić information content (AvgIpc) is 3.13. The van der Waals surface area contributed by atoms with Crippen molar-refractivity contribution in [1.82, 2.24) is 20.4 Å². The third-order valence-electron chi connectivity index (χ3n) is 4.21. The van der Waals surface area contributed by atoms with Crippen molar-refractivity contribution < 1.29 is 13.9 Å². The van der Waals surface area contributed by atoms with E-state index >= 15 is 0 Å². The zero-order valence-corrected chi connectivity index (χ0v) is 19.7. The molecule has 1 amide bonds. The molecule has 0 saturated carbocycles. The molecule has 160 valence electrons. The Balaban J connectivity index is 0.00000392. The van der Waals surface area contributed by atoms with Crippen molar-refractivity contribution in [3.63, 3.8) is 0 Å². The summed E-state index contributed by atoms with van der Waals surface area (Å²) in [6, 6.07) is 3.86. The SMILES string of the molecule is CN=C(NCCc1ccco1)NCCN1CCN(C(=O)OC(C)(C)C)CC1.I. The fourth-order valence-corrected chi connectivity index (χ4v) is 2.79. The lowest BCUT2D eigenvalue weighted by Crippen LogP contribution is -2.51. The number of carbonyl (C=O) groups is 1. The molecule has 2 N–H and O–H groups in total. The maximum Gasteiger partial charge on any atom is 0.410 e. The van der Waals surface area contributed by atoms with E-state index in [1.54, 1.807) is 18.2 Å². The largest absolute Gasteiger partial charge is 0.469 e. The molecule has 9 heteroatoms. The van der Waals surface area contributed by atoms with E-state index in [4.69, 9.17) is 9.15 Å². The summed E-state index contributed by atoms with van der Waals surface area (Å²) in [5, 5.41) is 6.60. The second kappa shape index (κ2) is 12.2. The van der Waals surface area contributed by atoms with E-state index in [1.807, 2.05) is 32.9 Å². The normalized spacial score (nSPS) is 15.7. The molecule has 1 saturated heterocycles. The van der Waals surface area contributed by atoms with E-state index in [2.05, 4.69) is 20.5 Å². The van der Waals surface area contributed by atoms with Crippen LogP contribution in [0.15, 0.2) is 27.8 Å². The van der Waals surface area contributed by atoms with Crippen LogP contribution in [0.4, 0.5) is 4.79 Å². The first-order valence-corrected chi connectivity index (χ1v) is 9.54. The van der Waals surface area contributed by atoms with Crippen molar-refractivity contribution in [1.29, 1.82) is 0 Å². The molecule has 2 heterocycles. The number of furan rings is 1. The summed E-state index contributed by atoms with van der Waals surface area (Å²) in [4.78, 5) is 20.4. The number of hydrogen-bond acceptors (Lipinski definition) is 5. The highest BCUT2D eigenvalue weighted by molar-refractivity contribution is 14.0. The second-order valence-corrected chi connectivity index (χ2v) is 7.56. The molecule has 0 spiro atoms. The van der Waals surface area contributed by atoms with Crippen LogP contribution in [0.1, 0.15) is 26.5 Å². The molecule has 0 aromatic carbocycles. The molecule has 1 aliphatic rings. The van der Waals surface area contributed by atoms with Gasteiger partial charge in [-0.15, -0.1) is 24.0 Å². The maximum atomic E-state index is 12.1. The third-order valence-corrected chi connectivity index (χ3v) is 4.21. The number of guanidine groups is 1. The van der Waals surface area contributed by atoms with E-state index < -0.39 is 5.60 Å². The van der Waals surface area contributed by atoms with E-state index in [0.717, 1.165) is 50.9 Å². The summed E-state index contributed by atoms with van der Waals surface area (Å²) >= 11 is 0. The van der Waals surface area contributed by atoms with Gasteiger partial charge in [-0.05, 0) is 32.9 Å². The van der Waals surface area contributed by atoms with Crippen molar-refractivity contribution in [2.24, 2.45) is 4.99 Å². The van der Waals surface area contributed by atoms with Crippen LogP contribution in [-0.4, -0.2) is 80.3 Å². The van der Waals surface area contributed by atoms with Crippen LogP contribution in [0.5, 0.6) is 0 Å². The molecule has 0 aliphatic carbocycles. The summed E-state index contributed by atoms with van der Waals surface area (Å²) < 4.78 is 10.7. The van der Waals surface area contributed by atoms with Crippen molar-refractivity contribution in [2.75, 3.05) is 52.9 Å². The molecule has 0 radical (unpaired) electrons. The van der Waals surface area contributed by atoms with Gasteiger partial charge < -0.3 is 24.7 Å². The fraction of sp³-hybridized carbons (Fsp3) is 0.684. The Morgan fingerprint density at radius 3 is 2.46 bits per heavy atom. The van der Waals surface area contributed by atoms with Crippen molar-refractivity contribution in [3.8, 4) is 0 Å². The number of nitrogens with one attached hydrogen (secondary N) is 2. The van der Waals surface area contributed by atoms with Crippen LogP contribution < -0.4 is 10.6 Å². The Bertz CT molecular complexity index is 593. The van der Waals surface area contributed by atoms with E-state index in [-0.39, 0.29) is 30.1 Å². The molecule has 1 aliphatic heterocycles. The number of ether oxygens (including phenoxy) is 1. The average molecular weight is 507 g/mol. The van der Waals surface area contributed by atoms with Gasteiger partial charge in [-0.1, -0.05) is 0 Å². The number of aliphatic imine (C=N–C) groups is 1. The predicted molar refractivity (Wildman–Crippen MR) is 121 cm³/mol. The van der Waals surface area contributed by atoms with Crippen molar-refractivity contribution >= 4 is 36.0 Å². The van der Waals surface area contributed by atoms with E-state index in [1.165, 1.54) is 0 Å². The van der Waals surface area contributed by atoms with Crippen LogP contribution in [-0.2, 0) is 11.2 Å². The second-order valence-electron chi connectivity index (χ2n) is 7.56. The number of carbonyl (C=O) groups excluding carboxylic acids is 1. The summed E-state index contributed by atoms with van der Waals surface area (Å²) in [5.74, 6) is 1.75. The van der Waals surface area contributed by atoms with Gasteiger partial charge in [0.15, 0.2) is 5.96 Å². The Morgan fingerprint density at radius 1 is 1.21 bits per heavy atom. The van der Waals surface area contributed by atoms with Crippen LogP contribution in [0.2, 0.25) is 0 Å². The first-order chi connectivity index (χ1) is 12.9. The van der Waals surface area contributed by atoms with Crippen LogP contribution in [0, 0.1) is 0 Å². The minimum atomic E-state index is -0.446. The van der Waals surface area contributed by atoms with Crippen LogP contribution in [0.3, 0.4) is 0 Å². The number of halogens is 1. The van der Waals surface area contributed by atoms with E-state index in [9.17, 15) is 4.79 Å². The minimum absolute atomic E-state index is 0. The lowest BCUT2D eigenvalue weighted by molar-refractivity contribution is 0.0147. The van der Waals surface area contributed by atoms with Gasteiger partial charge in [-0.3, -0.25) is 9.89 Å². The summed E-state index contributed by atoms with van der Waals surface area (Å²) in [7, 11) is 1.77. The van der Waals surface area contributed by atoms with E-state index in [0.29, 0.717) is 13.1 Å². The molecule has 0 unspecified atom stereocenters. The number of amides is 1. The Hall–Kier alpha value is -1.49. The van der Waals surface area contributed by atoms with Gasteiger partial charge >= 0.3 is 6.09 Å². The molecule has 2 rings (SSSR count).